The van der Waals surface area contributed by atoms with Crippen LogP contribution < -0.4 is 4.90 Å². The van der Waals surface area contributed by atoms with Gasteiger partial charge in [0.25, 0.3) is 0 Å². The maximum absolute atomic E-state index is 6.34. The van der Waals surface area contributed by atoms with Crippen LogP contribution in [0, 0.1) is 6.92 Å². The van der Waals surface area contributed by atoms with Gasteiger partial charge in [-0.3, -0.25) is 4.90 Å². The number of likely N-dealkylation sites (tertiary alicyclic amines) is 1. The Hall–Kier alpha value is -1.92. The largest absolute Gasteiger partial charge is 0.465 e. The summed E-state index contributed by atoms with van der Waals surface area (Å²) in [5.74, 6) is 2.79. The van der Waals surface area contributed by atoms with Gasteiger partial charge in [0.1, 0.15) is 11.5 Å². The zero-order chi connectivity index (χ0) is 17.3. The van der Waals surface area contributed by atoms with Crippen LogP contribution in [0.5, 0.6) is 0 Å². The first-order valence-corrected chi connectivity index (χ1v) is 9.05. The number of furan rings is 1. The first kappa shape index (κ1) is 16.5. The average molecular weight is 342 g/mol. The molecule has 2 fully saturated rings. The van der Waals surface area contributed by atoms with Crippen molar-refractivity contribution in [3.05, 3.63) is 42.1 Å². The van der Waals surface area contributed by atoms with Crippen LogP contribution in [-0.2, 0) is 11.3 Å². The van der Waals surface area contributed by atoms with Crippen molar-refractivity contribution in [2.24, 2.45) is 0 Å². The molecule has 1 spiro atoms. The molecule has 6 heteroatoms. The van der Waals surface area contributed by atoms with E-state index in [-0.39, 0.29) is 5.60 Å². The maximum atomic E-state index is 6.34. The van der Waals surface area contributed by atoms with Crippen molar-refractivity contribution in [3.63, 3.8) is 0 Å². The Bertz CT molecular complexity index is 704. The monoisotopic (exact) mass is 342 g/mol. The van der Waals surface area contributed by atoms with E-state index in [0.29, 0.717) is 6.04 Å². The predicted octanol–water partition coefficient (Wildman–Crippen LogP) is 2.64. The molecule has 6 nitrogen and oxygen atoms in total. The number of hydrogen-bond acceptors (Lipinski definition) is 6. The summed E-state index contributed by atoms with van der Waals surface area (Å²) in [6.07, 6.45) is 6.89. The number of likely N-dealkylation sites (N-methyl/N-ethyl adjacent to an activating group) is 1. The van der Waals surface area contributed by atoms with Gasteiger partial charge in [-0.2, -0.15) is 0 Å². The Kier molecular flexibility index (Phi) is 4.48. The van der Waals surface area contributed by atoms with Crippen LogP contribution >= 0.6 is 0 Å². The molecule has 0 aliphatic carbocycles. The van der Waals surface area contributed by atoms with Crippen LogP contribution in [0.1, 0.15) is 30.8 Å². The van der Waals surface area contributed by atoms with Crippen LogP contribution in [0.25, 0.3) is 0 Å². The smallest absolute Gasteiger partial charge is 0.225 e. The van der Waals surface area contributed by atoms with Gasteiger partial charge >= 0.3 is 0 Å². The summed E-state index contributed by atoms with van der Waals surface area (Å²) in [5.41, 5.74) is -0.0480. The van der Waals surface area contributed by atoms with E-state index in [1.165, 1.54) is 0 Å². The molecule has 0 bridgehead atoms. The molecule has 0 unspecified atom stereocenters. The Morgan fingerprint density at radius 1 is 1.32 bits per heavy atom. The van der Waals surface area contributed by atoms with Crippen LogP contribution in [-0.4, -0.2) is 53.3 Å². The highest BCUT2D eigenvalue weighted by Gasteiger charge is 2.45. The quantitative estimate of drug-likeness (QED) is 0.851. The Balaban J connectivity index is 1.40. The van der Waals surface area contributed by atoms with Gasteiger partial charge < -0.3 is 14.1 Å². The highest BCUT2D eigenvalue weighted by molar-refractivity contribution is 5.30. The van der Waals surface area contributed by atoms with Gasteiger partial charge in [0.05, 0.1) is 24.8 Å². The number of nitrogens with zero attached hydrogens (tertiary/aromatic N) is 4. The number of piperidine rings is 1. The molecular weight excluding hydrogens is 316 g/mol. The fourth-order valence-corrected chi connectivity index (χ4v) is 4.11. The van der Waals surface area contributed by atoms with Gasteiger partial charge in [0, 0.05) is 32.4 Å². The van der Waals surface area contributed by atoms with E-state index in [0.717, 1.165) is 63.0 Å². The molecule has 0 saturated carbocycles. The number of aryl methyl sites for hydroxylation is 1. The summed E-state index contributed by atoms with van der Waals surface area (Å²) < 4.78 is 12.1. The van der Waals surface area contributed by atoms with Crippen LogP contribution in [0.15, 0.2) is 35.0 Å². The van der Waals surface area contributed by atoms with Crippen molar-refractivity contribution in [1.82, 2.24) is 14.9 Å². The summed E-state index contributed by atoms with van der Waals surface area (Å²) in [7, 11) is 2.06. The number of hydrogen-bond donors (Lipinski definition) is 0. The summed E-state index contributed by atoms with van der Waals surface area (Å²) in [6, 6.07) is 6.29. The van der Waals surface area contributed by atoms with E-state index in [1.807, 2.05) is 19.1 Å². The minimum absolute atomic E-state index is 0.0480. The van der Waals surface area contributed by atoms with E-state index < -0.39 is 0 Å². The van der Waals surface area contributed by atoms with Crippen molar-refractivity contribution in [2.75, 3.05) is 31.6 Å². The van der Waals surface area contributed by atoms with Gasteiger partial charge in [-0.15, -0.1) is 0 Å². The van der Waals surface area contributed by atoms with E-state index in [4.69, 9.17) is 9.15 Å². The van der Waals surface area contributed by atoms with Gasteiger partial charge in [0.2, 0.25) is 5.95 Å². The zero-order valence-corrected chi connectivity index (χ0v) is 15.0. The number of rotatable bonds is 4. The van der Waals surface area contributed by atoms with Crippen molar-refractivity contribution < 1.29 is 9.15 Å². The highest BCUT2D eigenvalue weighted by Crippen LogP contribution is 2.37. The maximum Gasteiger partial charge on any atom is 0.225 e. The molecule has 0 radical (unpaired) electrons. The van der Waals surface area contributed by atoms with Gasteiger partial charge in [-0.05, 0) is 44.5 Å². The highest BCUT2D eigenvalue weighted by atomic mass is 16.5. The summed E-state index contributed by atoms with van der Waals surface area (Å²) in [4.78, 5) is 13.4. The Morgan fingerprint density at radius 2 is 2.16 bits per heavy atom. The molecule has 134 valence electrons. The molecule has 0 aromatic carbocycles. The lowest BCUT2D eigenvalue weighted by molar-refractivity contribution is -0.0545. The fraction of sp³-hybridized carbons (Fsp3) is 0.579. The zero-order valence-electron chi connectivity index (χ0n) is 15.0. The lowest BCUT2D eigenvalue weighted by Crippen LogP contribution is -2.48. The standard InChI is InChI=1S/C19H26N4O2/c1-15-5-6-17(25-15)12-23-10-3-7-19(14-23)11-16(13-24-19)22(2)18-20-8-4-9-21-18/h4-6,8-9,16H,3,7,10-14H2,1-2H3/t16-,19+/m1/s1. The molecule has 4 heterocycles. The molecule has 2 atom stereocenters. The topological polar surface area (TPSA) is 54.6 Å². The third-order valence-corrected chi connectivity index (χ3v) is 5.40. The Morgan fingerprint density at radius 3 is 2.92 bits per heavy atom. The van der Waals surface area contributed by atoms with Gasteiger partial charge in [-0.1, -0.05) is 0 Å². The van der Waals surface area contributed by atoms with E-state index in [2.05, 4.69) is 32.9 Å². The van der Waals surface area contributed by atoms with Crippen LogP contribution in [0.4, 0.5) is 5.95 Å². The molecule has 2 aromatic heterocycles. The van der Waals surface area contributed by atoms with Crippen molar-refractivity contribution in [3.8, 4) is 0 Å². The van der Waals surface area contributed by atoms with Gasteiger partial charge in [0.15, 0.2) is 0 Å². The summed E-state index contributed by atoms with van der Waals surface area (Å²) in [6.45, 7) is 5.66. The lowest BCUT2D eigenvalue weighted by atomic mass is 9.88. The Labute approximate surface area is 148 Å². The van der Waals surface area contributed by atoms with E-state index in [9.17, 15) is 0 Å². The van der Waals surface area contributed by atoms with Crippen molar-refractivity contribution in [1.29, 1.82) is 0 Å². The second-order valence-corrected chi connectivity index (χ2v) is 7.34. The third kappa shape index (κ3) is 3.55. The molecule has 4 rings (SSSR count). The number of anilines is 1. The van der Waals surface area contributed by atoms with E-state index in [1.54, 1.807) is 12.4 Å². The minimum Gasteiger partial charge on any atom is -0.465 e. The number of aromatic nitrogens is 2. The molecule has 0 amide bonds. The third-order valence-electron chi connectivity index (χ3n) is 5.40. The predicted molar refractivity (Wildman–Crippen MR) is 95.5 cm³/mol. The van der Waals surface area contributed by atoms with Crippen LogP contribution in [0.3, 0.4) is 0 Å². The average Bonchev–Trinajstić information content (AvgIpc) is 3.22. The normalized spacial score (nSPS) is 27.0. The first-order chi connectivity index (χ1) is 12.1. The molecule has 2 aromatic rings. The molecule has 2 aliphatic heterocycles. The van der Waals surface area contributed by atoms with E-state index >= 15 is 0 Å². The molecule has 0 N–H and O–H groups in total. The van der Waals surface area contributed by atoms with Gasteiger partial charge in [-0.25, -0.2) is 9.97 Å². The number of ether oxygens (including phenoxy) is 1. The van der Waals surface area contributed by atoms with Crippen LogP contribution in [0.2, 0.25) is 0 Å². The first-order valence-electron chi connectivity index (χ1n) is 9.05. The minimum atomic E-state index is -0.0480. The molecular formula is C19H26N4O2. The second-order valence-electron chi connectivity index (χ2n) is 7.34. The molecule has 2 saturated heterocycles. The summed E-state index contributed by atoms with van der Waals surface area (Å²) in [5, 5.41) is 0. The van der Waals surface area contributed by atoms with Crippen molar-refractivity contribution in [2.45, 2.75) is 44.4 Å². The second kappa shape index (κ2) is 6.77. The fourth-order valence-electron chi connectivity index (χ4n) is 4.11. The van der Waals surface area contributed by atoms with Crippen molar-refractivity contribution >= 4 is 5.95 Å². The summed E-state index contributed by atoms with van der Waals surface area (Å²) >= 11 is 0. The SMILES string of the molecule is Cc1ccc(CN2CCC[C@]3(C[C@@H](N(C)c4ncccn4)CO3)C2)o1. The molecule has 25 heavy (non-hydrogen) atoms. The molecule has 2 aliphatic rings. The lowest BCUT2D eigenvalue weighted by Gasteiger charge is -2.39.